The lowest BCUT2D eigenvalue weighted by Crippen LogP contribution is -2.30. The monoisotopic (exact) mass is 360 g/mol. The highest BCUT2D eigenvalue weighted by molar-refractivity contribution is 7.89. The summed E-state index contributed by atoms with van der Waals surface area (Å²) in [6.45, 7) is 5.40. The average Bonchev–Trinajstić information content (AvgIpc) is 2.59. The Morgan fingerprint density at radius 2 is 1.72 bits per heavy atom. The number of aryl methyl sites for hydroxylation is 1. The number of carbonyl (C=O) groups is 1. The van der Waals surface area contributed by atoms with Gasteiger partial charge in [0.15, 0.2) is 0 Å². The van der Waals surface area contributed by atoms with E-state index in [0.717, 1.165) is 5.56 Å². The van der Waals surface area contributed by atoms with Gasteiger partial charge in [-0.15, -0.1) is 0 Å². The molecule has 0 amide bonds. The van der Waals surface area contributed by atoms with Crippen molar-refractivity contribution >= 4 is 22.0 Å². The number of nitrogens with zero attached hydrogens (tertiary/aromatic N) is 1. The first kappa shape index (κ1) is 18.5. The summed E-state index contributed by atoms with van der Waals surface area (Å²) in [5.74, 6) is 0. The number of hydrogen-bond acceptors (Lipinski definition) is 5. The first-order chi connectivity index (χ1) is 11.7. The Morgan fingerprint density at radius 3 is 2.20 bits per heavy atom. The largest absolute Gasteiger partial charge is 0.298 e. The number of nitro groups is 1. The van der Waals surface area contributed by atoms with Gasteiger partial charge in [-0.2, -0.15) is 4.72 Å². The smallest absolute Gasteiger partial charge is 0.269 e. The van der Waals surface area contributed by atoms with E-state index in [-0.39, 0.29) is 16.2 Å². The van der Waals surface area contributed by atoms with E-state index in [0.29, 0.717) is 11.8 Å². The third-order valence-corrected chi connectivity index (χ3v) is 5.00. The molecule has 0 unspecified atom stereocenters. The van der Waals surface area contributed by atoms with E-state index in [1.165, 1.54) is 36.4 Å². The standard InChI is InChI=1S/C17H16N2O5S/c1-12-3-9-16(10-4-12)25(23,24)18-17(13(2)11-20)14-5-7-15(8-6-14)19(21)22/h3-11,17-18H,2H2,1H3/t17-/m1/s1. The zero-order valence-electron chi connectivity index (χ0n) is 13.4. The van der Waals surface area contributed by atoms with Gasteiger partial charge in [-0.3, -0.25) is 14.9 Å². The summed E-state index contributed by atoms with van der Waals surface area (Å²) in [6.07, 6.45) is 0.448. The molecule has 7 nitrogen and oxygen atoms in total. The van der Waals surface area contributed by atoms with Crippen molar-refractivity contribution < 1.29 is 18.1 Å². The Kier molecular flexibility index (Phi) is 5.45. The molecule has 0 aliphatic rings. The van der Waals surface area contributed by atoms with E-state index in [1.54, 1.807) is 12.1 Å². The maximum absolute atomic E-state index is 12.5. The van der Waals surface area contributed by atoms with Crippen molar-refractivity contribution in [1.29, 1.82) is 0 Å². The number of nitro benzene ring substituents is 1. The molecule has 0 aliphatic carbocycles. The molecule has 1 atom stereocenters. The first-order valence-electron chi connectivity index (χ1n) is 7.22. The molecule has 0 aromatic heterocycles. The van der Waals surface area contributed by atoms with Crippen molar-refractivity contribution in [2.75, 3.05) is 0 Å². The molecule has 0 heterocycles. The molecule has 8 heteroatoms. The highest BCUT2D eigenvalue weighted by Crippen LogP contribution is 2.24. The van der Waals surface area contributed by atoms with Crippen LogP contribution in [-0.4, -0.2) is 19.6 Å². The van der Waals surface area contributed by atoms with Crippen LogP contribution in [0.2, 0.25) is 0 Å². The van der Waals surface area contributed by atoms with Crippen LogP contribution in [0.15, 0.2) is 65.6 Å². The van der Waals surface area contributed by atoms with Gasteiger partial charge in [-0.25, -0.2) is 8.42 Å². The fourth-order valence-electron chi connectivity index (χ4n) is 2.15. The number of nitrogens with one attached hydrogen (secondary N) is 1. The van der Waals surface area contributed by atoms with E-state index in [2.05, 4.69) is 11.3 Å². The molecule has 0 spiro atoms. The van der Waals surface area contributed by atoms with E-state index in [9.17, 15) is 23.3 Å². The maximum Gasteiger partial charge on any atom is 0.269 e. The molecule has 0 saturated carbocycles. The van der Waals surface area contributed by atoms with Crippen LogP contribution in [0.25, 0.3) is 0 Å². The highest BCUT2D eigenvalue weighted by Gasteiger charge is 2.24. The van der Waals surface area contributed by atoms with E-state index >= 15 is 0 Å². The minimum absolute atomic E-state index is 0.00969. The molecular weight excluding hydrogens is 344 g/mol. The summed E-state index contributed by atoms with van der Waals surface area (Å²) in [7, 11) is -3.91. The molecule has 2 aromatic rings. The van der Waals surface area contributed by atoms with E-state index < -0.39 is 21.0 Å². The molecule has 2 aromatic carbocycles. The Morgan fingerprint density at radius 1 is 1.16 bits per heavy atom. The number of sulfonamides is 1. The zero-order chi connectivity index (χ0) is 18.6. The number of hydrogen-bond donors (Lipinski definition) is 1. The minimum atomic E-state index is -3.91. The maximum atomic E-state index is 12.5. The summed E-state index contributed by atoms with van der Waals surface area (Å²) < 4.78 is 27.5. The number of non-ortho nitro benzene ring substituents is 1. The normalized spacial score (nSPS) is 12.4. The number of benzene rings is 2. The quantitative estimate of drug-likeness (QED) is 0.354. The first-order valence-corrected chi connectivity index (χ1v) is 8.70. The highest BCUT2D eigenvalue weighted by atomic mass is 32.2. The van der Waals surface area contributed by atoms with Crippen molar-refractivity contribution in [2.24, 2.45) is 0 Å². The van der Waals surface area contributed by atoms with Gasteiger partial charge in [0, 0.05) is 17.7 Å². The number of rotatable bonds is 7. The van der Waals surface area contributed by atoms with Crippen LogP contribution in [0.1, 0.15) is 17.2 Å². The molecule has 0 aliphatic heterocycles. The summed E-state index contributed by atoms with van der Waals surface area (Å²) >= 11 is 0. The Balaban J connectivity index is 2.38. The van der Waals surface area contributed by atoms with Gasteiger partial charge in [-0.05, 0) is 24.6 Å². The third-order valence-electron chi connectivity index (χ3n) is 3.56. The zero-order valence-corrected chi connectivity index (χ0v) is 14.2. The van der Waals surface area contributed by atoms with E-state index in [4.69, 9.17) is 0 Å². The molecule has 0 fully saturated rings. The topological polar surface area (TPSA) is 106 Å². The van der Waals surface area contributed by atoms with Gasteiger partial charge >= 0.3 is 0 Å². The molecule has 2 rings (SSSR count). The summed E-state index contributed by atoms with van der Waals surface area (Å²) in [6, 6.07) is 10.4. The Labute approximate surface area is 145 Å². The second-order valence-electron chi connectivity index (χ2n) is 5.41. The van der Waals surface area contributed by atoms with Gasteiger partial charge in [0.1, 0.15) is 6.29 Å². The molecule has 130 valence electrons. The number of carbonyl (C=O) groups excluding carboxylic acids is 1. The van der Waals surface area contributed by atoms with E-state index in [1.807, 2.05) is 6.92 Å². The number of aldehydes is 1. The van der Waals surface area contributed by atoms with Crippen LogP contribution >= 0.6 is 0 Å². The molecule has 0 bridgehead atoms. The van der Waals surface area contributed by atoms with Crippen LogP contribution in [0.5, 0.6) is 0 Å². The molecule has 0 saturated heterocycles. The predicted molar refractivity (Wildman–Crippen MR) is 92.5 cm³/mol. The van der Waals surface area contributed by atoms with Gasteiger partial charge in [0.2, 0.25) is 10.0 Å². The van der Waals surface area contributed by atoms with Crippen molar-refractivity contribution in [1.82, 2.24) is 4.72 Å². The second kappa shape index (κ2) is 7.37. The lowest BCUT2D eigenvalue weighted by Gasteiger charge is -2.18. The molecular formula is C17H16N2O5S. The lowest BCUT2D eigenvalue weighted by molar-refractivity contribution is -0.384. The van der Waals surface area contributed by atoms with Crippen LogP contribution in [0.4, 0.5) is 5.69 Å². The Bertz CT molecular complexity index is 903. The van der Waals surface area contributed by atoms with Crippen molar-refractivity contribution in [3.63, 3.8) is 0 Å². The molecule has 25 heavy (non-hydrogen) atoms. The SMILES string of the molecule is C=C(C=O)[C@@H](NS(=O)(=O)c1ccc(C)cc1)c1ccc([N+](=O)[O-])cc1. The second-order valence-corrected chi connectivity index (χ2v) is 7.12. The van der Waals surface area contributed by atoms with Gasteiger partial charge in [0.25, 0.3) is 5.69 Å². The Hall–Kier alpha value is -2.84. The fraction of sp³-hybridized carbons (Fsp3) is 0.118. The van der Waals surface area contributed by atoms with Crippen LogP contribution in [0.3, 0.4) is 0 Å². The summed E-state index contributed by atoms with van der Waals surface area (Å²) in [5, 5.41) is 10.7. The van der Waals surface area contributed by atoms with Crippen LogP contribution in [0, 0.1) is 17.0 Å². The summed E-state index contributed by atoms with van der Waals surface area (Å²) in [4.78, 5) is 21.3. The predicted octanol–water partition coefficient (Wildman–Crippen LogP) is 2.68. The fourth-order valence-corrected chi connectivity index (χ4v) is 3.38. The lowest BCUT2D eigenvalue weighted by atomic mass is 10.0. The van der Waals surface area contributed by atoms with Crippen molar-refractivity contribution in [3.05, 3.63) is 81.9 Å². The average molecular weight is 360 g/mol. The minimum Gasteiger partial charge on any atom is -0.298 e. The van der Waals surface area contributed by atoms with Crippen LogP contribution in [-0.2, 0) is 14.8 Å². The summed E-state index contributed by atoms with van der Waals surface area (Å²) in [5.41, 5.74) is 1.13. The van der Waals surface area contributed by atoms with Gasteiger partial charge in [-0.1, -0.05) is 36.4 Å². The van der Waals surface area contributed by atoms with Gasteiger partial charge in [0.05, 0.1) is 15.9 Å². The van der Waals surface area contributed by atoms with Crippen molar-refractivity contribution in [2.45, 2.75) is 17.9 Å². The molecule has 1 N–H and O–H groups in total. The van der Waals surface area contributed by atoms with Gasteiger partial charge < -0.3 is 0 Å². The van der Waals surface area contributed by atoms with Crippen LogP contribution < -0.4 is 4.72 Å². The van der Waals surface area contributed by atoms with Crippen molar-refractivity contribution in [3.8, 4) is 0 Å². The third kappa shape index (κ3) is 4.37. The molecule has 0 radical (unpaired) electrons.